The largest absolute Gasteiger partial charge is 0.493 e. The Morgan fingerprint density at radius 3 is 2.40 bits per heavy atom. The number of hydrogen-bond donors (Lipinski definition) is 0. The van der Waals surface area contributed by atoms with Crippen LogP contribution in [0.15, 0.2) is 42.5 Å². The number of ether oxygens (including phenoxy) is 2. The summed E-state index contributed by atoms with van der Waals surface area (Å²) >= 11 is 0. The molecule has 136 valence electrons. The minimum absolute atomic E-state index is 0. The summed E-state index contributed by atoms with van der Waals surface area (Å²) in [7, 11) is 5.63. The van der Waals surface area contributed by atoms with Gasteiger partial charge in [0.1, 0.15) is 0 Å². The first-order chi connectivity index (χ1) is 11.7. The minimum atomic E-state index is 0. The van der Waals surface area contributed by atoms with E-state index in [1.807, 2.05) is 0 Å². The van der Waals surface area contributed by atoms with E-state index in [-0.39, 0.29) is 12.4 Å². The molecule has 1 aliphatic carbocycles. The zero-order valence-electron chi connectivity index (χ0n) is 15.3. The molecule has 3 nitrogen and oxygen atoms in total. The Hall–Kier alpha value is -1.71. The Labute approximate surface area is 157 Å². The molecule has 0 bridgehead atoms. The van der Waals surface area contributed by atoms with Crippen molar-refractivity contribution >= 4 is 12.4 Å². The van der Waals surface area contributed by atoms with Gasteiger partial charge in [0, 0.05) is 13.1 Å². The second-order valence-electron chi connectivity index (χ2n) is 6.68. The van der Waals surface area contributed by atoms with Gasteiger partial charge in [0.2, 0.25) is 0 Å². The van der Waals surface area contributed by atoms with Crippen molar-refractivity contribution in [3.8, 4) is 11.5 Å². The molecule has 0 saturated heterocycles. The number of hydrogen-bond acceptors (Lipinski definition) is 3. The predicted molar refractivity (Wildman–Crippen MR) is 105 cm³/mol. The van der Waals surface area contributed by atoms with E-state index in [0.29, 0.717) is 5.92 Å². The lowest BCUT2D eigenvalue weighted by atomic mass is 9.82. The van der Waals surface area contributed by atoms with Gasteiger partial charge >= 0.3 is 0 Å². The highest BCUT2D eigenvalue weighted by Crippen LogP contribution is 2.39. The Kier molecular flexibility index (Phi) is 7.15. The van der Waals surface area contributed by atoms with E-state index < -0.39 is 0 Å². The van der Waals surface area contributed by atoms with Gasteiger partial charge in [0.25, 0.3) is 0 Å². The van der Waals surface area contributed by atoms with E-state index in [1.54, 1.807) is 14.2 Å². The number of halogens is 1. The van der Waals surface area contributed by atoms with Gasteiger partial charge in [0.05, 0.1) is 14.2 Å². The van der Waals surface area contributed by atoms with Crippen LogP contribution in [0.4, 0.5) is 0 Å². The maximum atomic E-state index is 5.51. The first kappa shape index (κ1) is 19.6. The molecular formula is C21H28ClNO2. The number of aryl methyl sites for hydroxylation is 1. The molecule has 0 spiro atoms. The maximum Gasteiger partial charge on any atom is 0.161 e. The summed E-state index contributed by atoms with van der Waals surface area (Å²) in [4.78, 5) is 2.42. The van der Waals surface area contributed by atoms with E-state index in [0.717, 1.165) is 31.0 Å². The van der Waals surface area contributed by atoms with Crippen molar-refractivity contribution in [2.45, 2.75) is 31.7 Å². The molecule has 0 fully saturated rings. The highest BCUT2D eigenvalue weighted by Gasteiger charge is 2.24. The Morgan fingerprint density at radius 2 is 1.72 bits per heavy atom. The summed E-state index contributed by atoms with van der Waals surface area (Å²) in [6.07, 6.45) is 3.61. The van der Waals surface area contributed by atoms with Gasteiger partial charge in [0.15, 0.2) is 11.5 Å². The second kappa shape index (κ2) is 9.12. The summed E-state index contributed by atoms with van der Waals surface area (Å²) in [5.74, 6) is 2.24. The standard InChI is InChI=1S/C21H27NO2.ClH/c1-22(14-16-8-5-4-6-9-16)15-18-11-7-10-17-12-20(23-2)21(24-3)13-19(17)18;/h4-6,8-9,12-13,18H,7,10-11,14-15H2,1-3H3;1H. The Balaban J connectivity index is 0.00000225. The second-order valence-corrected chi connectivity index (χ2v) is 6.68. The molecule has 3 rings (SSSR count). The van der Waals surface area contributed by atoms with Crippen LogP contribution in [0.25, 0.3) is 0 Å². The van der Waals surface area contributed by atoms with Gasteiger partial charge in [-0.15, -0.1) is 12.4 Å². The SMILES string of the molecule is COc1cc2c(cc1OC)C(CN(C)Cc1ccccc1)CCC2.Cl. The first-order valence-electron chi connectivity index (χ1n) is 8.68. The van der Waals surface area contributed by atoms with Gasteiger partial charge in [-0.05, 0) is 61.1 Å². The molecule has 0 aromatic heterocycles. The molecular weight excluding hydrogens is 334 g/mol. The third-order valence-electron chi connectivity index (χ3n) is 4.91. The van der Waals surface area contributed by atoms with Crippen molar-refractivity contribution in [1.29, 1.82) is 0 Å². The molecule has 2 aromatic carbocycles. The molecule has 1 aliphatic rings. The summed E-state index contributed by atoms with van der Waals surface area (Å²) in [6, 6.07) is 15.0. The lowest BCUT2D eigenvalue weighted by Crippen LogP contribution is -2.26. The first-order valence-corrected chi connectivity index (χ1v) is 8.68. The van der Waals surface area contributed by atoms with E-state index in [9.17, 15) is 0 Å². The van der Waals surface area contributed by atoms with Gasteiger partial charge < -0.3 is 14.4 Å². The average Bonchev–Trinajstić information content (AvgIpc) is 2.61. The third kappa shape index (κ3) is 4.68. The quantitative estimate of drug-likeness (QED) is 0.745. The predicted octanol–water partition coefficient (Wildman–Crippen LogP) is 4.68. The Bertz CT molecular complexity index is 675. The summed E-state index contributed by atoms with van der Waals surface area (Å²) in [5.41, 5.74) is 4.21. The molecule has 0 amide bonds. The fraction of sp³-hybridized carbons (Fsp3) is 0.429. The zero-order valence-corrected chi connectivity index (χ0v) is 16.1. The zero-order chi connectivity index (χ0) is 16.9. The number of likely N-dealkylation sites (N-methyl/N-ethyl adjacent to an activating group) is 1. The van der Waals surface area contributed by atoms with Gasteiger partial charge in [-0.1, -0.05) is 30.3 Å². The number of rotatable bonds is 6. The molecule has 0 saturated carbocycles. The molecule has 0 heterocycles. The number of methoxy groups -OCH3 is 2. The normalized spacial score (nSPS) is 16.1. The van der Waals surface area contributed by atoms with Crippen LogP contribution >= 0.6 is 12.4 Å². The van der Waals surface area contributed by atoms with Gasteiger partial charge in [-0.2, -0.15) is 0 Å². The van der Waals surface area contributed by atoms with Crippen LogP contribution in [-0.2, 0) is 13.0 Å². The highest BCUT2D eigenvalue weighted by atomic mass is 35.5. The van der Waals surface area contributed by atoms with Crippen LogP contribution < -0.4 is 9.47 Å². The molecule has 1 atom stereocenters. The molecule has 25 heavy (non-hydrogen) atoms. The van der Waals surface area contributed by atoms with Gasteiger partial charge in [-0.25, -0.2) is 0 Å². The smallest absolute Gasteiger partial charge is 0.161 e. The monoisotopic (exact) mass is 361 g/mol. The van der Waals surface area contributed by atoms with Crippen molar-refractivity contribution in [3.05, 3.63) is 59.2 Å². The third-order valence-corrected chi connectivity index (χ3v) is 4.91. The average molecular weight is 362 g/mol. The molecule has 0 aliphatic heterocycles. The molecule has 1 unspecified atom stereocenters. The fourth-order valence-corrected chi connectivity index (χ4v) is 3.75. The minimum Gasteiger partial charge on any atom is -0.493 e. The van der Waals surface area contributed by atoms with Crippen molar-refractivity contribution in [1.82, 2.24) is 4.90 Å². The molecule has 2 aromatic rings. The lowest BCUT2D eigenvalue weighted by molar-refractivity contribution is 0.289. The topological polar surface area (TPSA) is 21.7 Å². The van der Waals surface area contributed by atoms with Crippen LogP contribution in [0.2, 0.25) is 0 Å². The number of nitrogens with zero attached hydrogens (tertiary/aromatic N) is 1. The molecule has 0 radical (unpaired) electrons. The van der Waals surface area contributed by atoms with Gasteiger partial charge in [-0.3, -0.25) is 0 Å². The van der Waals surface area contributed by atoms with Crippen LogP contribution in [0.5, 0.6) is 11.5 Å². The van der Waals surface area contributed by atoms with Crippen LogP contribution in [-0.4, -0.2) is 32.7 Å². The van der Waals surface area contributed by atoms with Crippen molar-refractivity contribution in [3.63, 3.8) is 0 Å². The van der Waals surface area contributed by atoms with Crippen LogP contribution in [0.1, 0.15) is 35.4 Å². The fourth-order valence-electron chi connectivity index (χ4n) is 3.75. The van der Waals surface area contributed by atoms with Crippen LogP contribution in [0.3, 0.4) is 0 Å². The summed E-state index contributed by atoms with van der Waals surface area (Å²) < 4.78 is 11.0. The van der Waals surface area contributed by atoms with E-state index in [2.05, 4.69) is 54.4 Å². The van der Waals surface area contributed by atoms with E-state index >= 15 is 0 Å². The molecule has 4 heteroatoms. The number of benzene rings is 2. The Morgan fingerprint density at radius 1 is 1.04 bits per heavy atom. The number of fused-ring (bicyclic) bond motifs is 1. The van der Waals surface area contributed by atoms with Crippen molar-refractivity contribution < 1.29 is 9.47 Å². The van der Waals surface area contributed by atoms with E-state index in [1.165, 1.54) is 29.5 Å². The molecule has 0 N–H and O–H groups in total. The summed E-state index contributed by atoms with van der Waals surface area (Å²) in [6.45, 7) is 2.05. The highest BCUT2D eigenvalue weighted by molar-refractivity contribution is 5.85. The van der Waals surface area contributed by atoms with Crippen molar-refractivity contribution in [2.75, 3.05) is 27.8 Å². The maximum absolute atomic E-state index is 5.51. The van der Waals surface area contributed by atoms with Crippen molar-refractivity contribution in [2.24, 2.45) is 0 Å². The summed E-state index contributed by atoms with van der Waals surface area (Å²) in [5, 5.41) is 0. The van der Waals surface area contributed by atoms with E-state index in [4.69, 9.17) is 9.47 Å². The lowest BCUT2D eigenvalue weighted by Gasteiger charge is -2.30. The van der Waals surface area contributed by atoms with Crippen LogP contribution in [0, 0.1) is 0 Å².